The Labute approximate surface area is 296 Å². The Bertz CT molecular complexity index is 524. The molecular formula is C36H66BaO4. The molecule has 0 aliphatic carbocycles. The summed E-state index contributed by atoms with van der Waals surface area (Å²) in [5.41, 5.74) is 0. The molecule has 0 saturated heterocycles. The van der Waals surface area contributed by atoms with Crippen LogP contribution < -0.4 is 10.2 Å². The molecule has 0 aliphatic heterocycles. The SMILES string of the molecule is CCCCCCCC/C=C\CCCCCCCC(=O)[O-].CCCCCCCC/C=C\CCCCCCCC(=O)[O-].[Ba+2]. The molecule has 0 unspecified atom stereocenters. The van der Waals surface area contributed by atoms with E-state index in [1.54, 1.807) is 0 Å². The molecule has 0 aromatic rings. The van der Waals surface area contributed by atoms with E-state index in [0.717, 1.165) is 38.5 Å². The maximum atomic E-state index is 10.2. The van der Waals surface area contributed by atoms with Gasteiger partial charge in [0.2, 0.25) is 0 Å². The van der Waals surface area contributed by atoms with Crippen LogP contribution in [-0.4, -0.2) is 60.8 Å². The number of aliphatic carboxylic acids is 2. The Balaban J connectivity index is -0.000000688. The van der Waals surface area contributed by atoms with Crippen LogP contribution in [0, 0.1) is 0 Å². The molecule has 0 spiro atoms. The quantitative estimate of drug-likeness (QED) is 0.0426. The van der Waals surface area contributed by atoms with Crippen molar-refractivity contribution in [1.82, 2.24) is 0 Å². The zero-order valence-corrected chi connectivity index (χ0v) is 31.9. The van der Waals surface area contributed by atoms with Crippen molar-refractivity contribution < 1.29 is 19.8 Å². The average Bonchev–Trinajstić information content (AvgIpc) is 2.93. The van der Waals surface area contributed by atoms with Crippen molar-refractivity contribution in [3.8, 4) is 0 Å². The Morgan fingerprint density at radius 3 is 0.854 bits per heavy atom. The predicted octanol–water partition coefficient (Wildman–Crippen LogP) is 9.17. The number of hydrogen-bond donors (Lipinski definition) is 0. The van der Waals surface area contributed by atoms with Gasteiger partial charge < -0.3 is 19.8 Å². The van der Waals surface area contributed by atoms with Crippen LogP contribution in [0.2, 0.25) is 0 Å². The molecule has 0 saturated carbocycles. The van der Waals surface area contributed by atoms with Gasteiger partial charge >= 0.3 is 48.9 Å². The van der Waals surface area contributed by atoms with E-state index in [0.29, 0.717) is 0 Å². The first kappa shape index (κ1) is 45.4. The Hall–Kier alpha value is -0.00857. The van der Waals surface area contributed by atoms with Gasteiger partial charge in [0.25, 0.3) is 0 Å². The van der Waals surface area contributed by atoms with Crippen molar-refractivity contribution in [2.45, 2.75) is 194 Å². The summed E-state index contributed by atoms with van der Waals surface area (Å²) in [5.74, 6) is -1.83. The minimum Gasteiger partial charge on any atom is -0.550 e. The first-order valence-electron chi connectivity index (χ1n) is 17.2. The van der Waals surface area contributed by atoms with E-state index in [-0.39, 0.29) is 61.7 Å². The van der Waals surface area contributed by atoms with Crippen LogP contribution >= 0.6 is 0 Å². The minimum absolute atomic E-state index is 0. The molecule has 0 atom stereocenters. The van der Waals surface area contributed by atoms with E-state index in [1.165, 1.54) is 128 Å². The molecule has 0 rings (SSSR count). The van der Waals surface area contributed by atoms with E-state index < -0.39 is 11.9 Å². The first-order chi connectivity index (χ1) is 19.5. The number of carboxylic acids is 2. The maximum absolute atomic E-state index is 10.2. The summed E-state index contributed by atoms with van der Waals surface area (Å²) in [6.07, 6.45) is 41.8. The third-order valence-electron chi connectivity index (χ3n) is 7.29. The zero-order valence-electron chi connectivity index (χ0n) is 27.4. The molecule has 4 nitrogen and oxygen atoms in total. The number of carbonyl (C=O) groups excluding carboxylic acids is 2. The monoisotopic (exact) mass is 700 g/mol. The van der Waals surface area contributed by atoms with Crippen LogP contribution in [0.25, 0.3) is 0 Å². The molecule has 0 aliphatic rings. The Morgan fingerprint density at radius 1 is 0.390 bits per heavy atom. The summed E-state index contributed by atoms with van der Waals surface area (Å²) in [6, 6.07) is 0. The topological polar surface area (TPSA) is 80.3 Å². The molecule has 0 fully saturated rings. The number of carboxylic acid groups (broad SMARTS) is 2. The number of unbranched alkanes of at least 4 members (excludes halogenated alkanes) is 22. The molecule has 41 heavy (non-hydrogen) atoms. The van der Waals surface area contributed by atoms with Gasteiger partial charge in [-0.3, -0.25) is 0 Å². The van der Waals surface area contributed by atoms with Crippen LogP contribution in [-0.2, 0) is 9.59 Å². The second-order valence-electron chi connectivity index (χ2n) is 11.4. The van der Waals surface area contributed by atoms with Gasteiger partial charge in [-0.2, -0.15) is 0 Å². The van der Waals surface area contributed by atoms with Crippen molar-refractivity contribution in [2.24, 2.45) is 0 Å². The van der Waals surface area contributed by atoms with Gasteiger partial charge in [-0.1, -0.05) is 141 Å². The number of rotatable bonds is 30. The second kappa shape index (κ2) is 42.1. The minimum atomic E-state index is -0.914. The van der Waals surface area contributed by atoms with Crippen molar-refractivity contribution >= 4 is 60.8 Å². The Kier molecular flexibility index (Phi) is 46.7. The number of allylic oxidation sites excluding steroid dienone is 4. The standard InChI is InChI=1S/2C18H34O2.Ba/c2*1-2-3-4-5-6-7-8-9-10-11-12-13-14-15-16-17-18(19)20;/h2*9-10H,2-8,11-17H2,1H3,(H,19,20);/q;;+2/p-2/b2*10-9-;. The van der Waals surface area contributed by atoms with E-state index >= 15 is 0 Å². The molecular weight excluding hydrogens is 634 g/mol. The summed E-state index contributed by atoms with van der Waals surface area (Å²) in [4.78, 5) is 20.4. The van der Waals surface area contributed by atoms with Crippen LogP contribution in [0.3, 0.4) is 0 Å². The van der Waals surface area contributed by atoms with Gasteiger partial charge in [0.1, 0.15) is 0 Å². The summed E-state index contributed by atoms with van der Waals surface area (Å²) in [5, 5.41) is 20.4. The third-order valence-corrected chi connectivity index (χ3v) is 7.29. The van der Waals surface area contributed by atoms with E-state index in [4.69, 9.17) is 0 Å². The largest absolute Gasteiger partial charge is 2.00 e. The smallest absolute Gasteiger partial charge is 0.550 e. The van der Waals surface area contributed by atoms with E-state index in [9.17, 15) is 19.8 Å². The van der Waals surface area contributed by atoms with Crippen molar-refractivity contribution in [2.75, 3.05) is 0 Å². The summed E-state index contributed by atoms with van der Waals surface area (Å²) < 4.78 is 0. The fraction of sp³-hybridized carbons (Fsp3) is 0.833. The molecule has 0 heterocycles. The van der Waals surface area contributed by atoms with Gasteiger partial charge in [0.15, 0.2) is 0 Å². The molecule has 0 aromatic heterocycles. The predicted molar refractivity (Wildman–Crippen MR) is 175 cm³/mol. The molecule has 0 amide bonds. The molecule has 0 N–H and O–H groups in total. The van der Waals surface area contributed by atoms with Crippen LogP contribution in [0.15, 0.2) is 24.3 Å². The summed E-state index contributed by atoms with van der Waals surface area (Å²) in [7, 11) is 0. The van der Waals surface area contributed by atoms with Crippen molar-refractivity contribution in [3.63, 3.8) is 0 Å². The molecule has 236 valence electrons. The fourth-order valence-corrected chi connectivity index (χ4v) is 4.68. The molecule has 0 bridgehead atoms. The van der Waals surface area contributed by atoms with Crippen LogP contribution in [0.5, 0.6) is 0 Å². The van der Waals surface area contributed by atoms with Gasteiger partial charge in [-0.15, -0.1) is 0 Å². The number of hydrogen-bond acceptors (Lipinski definition) is 4. The third kappa shape index (κ3) is 50.0. The molecule has 5 heteroatoms. The Morgan fingerprint density at radius 2 is 0.610 bits per heavy atom. The molecule has 0 radical (unpaired) electrons. The van der Waals surface area contributed by atoms with Gasteiger partial charge in [0.05, 0.1) is 0 Å². The second-order valence-corrected chi connectivity index (χ2v) is 11.4. The first-order valence-corrected chi connectivity index (χ1v) is 17.2. The van der Waals surface area contributed by atoms with Crippen LogP contribution in [0.4, 0.5) is 0 Å². The zero-order chi connectivity index (χ0) is 29.8. The van der Waals surface area contributed by atoms with E-state index in [1.807, 2.05) is 0 Å². The summed E-state index contributed by atoms with van der Waals surface area (Å²) in [6.45, 7) is 4.51. The fourth-order valence-electron chi connectivity index (χ4n) is 4.68. The van der Waals surface area contributed by atoms with Gasteiger partial charge in [-0.05, 0) is 77.0 Å². The molecule has 0 aromatic carbocycles. The summed E-state index contributed by atoms with van der Waals surface area (Å²) >= 11 is 0. The van der Waals surface area contributed by atoms with Crippen LogP contribution in [0.1, 0.15) is 194 Å². The normalized spacial score (nSPS) is 11.0. The average molecular weight is 700 g/mol. The van der Waals surface area contributed by atoms with E-state index in [2.05, 4.69) is 38.2 Å². The van der Waals surface area contributed by atoms with Gasteiger partial charge in [0, 0.05) is 11.9 Å². The van der Waals surface area contributed by atoms with Crippen molar-refractivity contribution in [1.29, 1.82) is 0 Å². The number of carbonyl (C=O) groups is 2. The van der Waals surface area contributed by atoms with Crippen molar-refractivity contribution in [3.05, 3.63) is 24.3 Å². The van der Waals surface area contributed by atoms with Gasteiger partial charge in [-0.25, -0.2) is 0 Å². The maximum Gasteiger partial charge on any atom is 2.00 e.